The van der Waals surface area contributed by atoms with Gasteiger partial charge in [0, 0.05) is 18.8 Å². The lowest BCUT2D eigenvalue weighted by Crippen LogP contribution is -2.19. The van der Waals surface area contributed by atoms with Crippen LogP contribution in [0.3, 0.4) is 0 Å². The number of benzene rings is 2. The van der Waals surface area contributed by atoms with E-state index in [1.807, 2.05) is 35.2 Å². The quantitative estimate of drug-likeness (QED) is 0.920. The normalized spacial score (nSPS) is 13.9. The predicted molar refractivity (Wildman–Crippen MR) is 88.1 cm³/mol. The average Bonchev–Trinajstić information content (AvgIpc) is 3.08. The fraction of sp³-hybridized carbons (Fsp3) is 0.278. The van der Waals surface area contributed by atoms with Crippen molar-refractivity contribution in [3.63, 3.8) is 0 Å². The molecule has 4 nitrogen and oxygen atoms in total. The van der Waals surface area contributed by atoms with Crippen LogP contribution < -0.4 is 10.2 Å². The van der Waals surface area contributed by atoms with E-state index in [1.54, 1.807) is 12.1 Å². The third-order valence-corrected chi connectivity index (χ3v) is 3.85. The Morgan fingerprint density at radius 3 is 2.57 bits per heavy atom. The maximum Gasteiger partial charge on any atom is 0.411 e. The number of carbonyl (C=O) groups is 1. The van der Waals surface area contributed by atoms with E-state index in [-0.39, 0.29) is 12.4 Å². The third kappa shape index (κ3) is 4.00. The van der Waals surface area contributed by atoms with E-state index in [0.29, 0.717) is 11.4 Å². The zero-order valence-corrected chi connectivity index (χ0v) is 12.8. The van der Waals surface area contributed by atoms with Gasteiger partial charge >= 0.3 is 6.09 Å². The maximum absolute atomic E-state index is 14.2. The highest BCUT2D eigenvalue weighted by molar-refractivity contribution is 5.85. The molecule has 1 heterocycles. The molecule has 120 valence electrons. The van der Waals surface area contributed by atoms with Crippen LogP contribution in [0.25, 0.3) is 0 Å². The van der Waals surface area contributed by atoms with Crippen LogP contribution in [0.5, 0.6) is 0 Å². The van der Waals surface area contributed by atoms with E-state index in [9.17, 15) is 9.18 Å². The average molecular weight is 314 g/mol. The van der Waals surface area contributed by atoms with Gasteiger partial charge in [0.25, 0.3) is 0 Å². The molecule has 23 heavy (non-hydrogen) atoms. The molecule has 0 aliphatic carbocycles. The van der Waals surface area contributed by atoms with Crippen LogP contribution in [0.15, 0.2) is 48.5 Å². The van der Waals surface area contributed by atoms with Gasteiger partial charge in [-0.25, -0.2) is 9.18 Å². The Balaban J connectivity index is 1.57. The van der Waals surface area contributed by atoms with Crippen LogP contribution >= 0.6 is 0 Å². The van der Waals surface area contributed by atoms with Crippen molar-refractivity contribution < 1.29 is 13.9 Å². The Kier molecular flexibility index (Phi) is 4.76. The molecular formula is C18H19FN2O2. The molecule has 2 aromatic rings. The summed E-state index contributed by atoms with van der Waals surface area (Å²) in [6, 6.07) is 14.1. The van der Waals surface area contributed by atoms with Crippen molar-refractivity contribution in [1.82, 2.24) is 0 Å². The van der Waals surface area contributed by atoms with Crippen molar-refractivity contribution in [2.45, 2.75) is 19.4 Å². The zero-order valence-electron chi connectivity index (χ0n) is 12.8. The monoisotopic (exact) mass is 314 g/mol. The van der Waals surface area contributed by atoms with Gasteiger partial charge in [0.2, 0.25) is 0 Å². The number of halogens is 1. The highest BCUT2D eigenvalue weighted by atomic mass is 19.1. The Morgan fingerprint density at radius 1 is 1.13 bits per heavy atom. The number of ether oxygens (including phenoxy) is 1. The molecule has 1 amide bonds. The second-order valence-electron chi connectivity index (χ2n) is 5.55. The first-order chi connectivity index (χ1) is 11.2. The van der Waals surface area contributed by atoms with E-state index in [2.05, 4.69) is 5.32 Å². The molecular weight excluding hydrogens is 295 g/mol. The van der Waals surface area contributed by atoms with Crippen LogP contribution in [0, 0.1) is 5.82 Å². The third-order valence-electron chi connectivity index (χ3n) is 3.85. The molecule has 0 unspecified atom stereocenters. The van der Waals surface area contributed by atoms with Crippen molar-refractivity contribution in [2.75, 3.05) is 23.3 Å². The van der Waals surface area contributed by atoms with Crippen LogP contribution in [-0.4, -0.2) is 19.2 Å². The Bertz CT molecular complexity index is 670. The minimum absolute atomic E-state index is 0.182. The first-order valence-electron chi connectivity index (χ1n) is 7.74. The zero-order chi connectivity index (χ0) is 16.1. The first-order valence-corrected chi connectivity index (χ1v) is 7.74. The number of carbonyl (C=O) groups excluding carboxylic acids is 1. The maximum atomic E-state index is 14.2. The highest BCUT2D eigenvalue weighted by Crippen LogP contribution is 2.26. The summed E-state index contributed by atoms with van der Waals surface area (Å²) < 4.78 is 19.3. The number of anilines is 2. The van der Waals surface area contributed by atoms with Crippen LogP contribution in [0.4, 0.5) is 20.6 Å². The number of nitrogens with zero attached hydrogens (tertiary/aromatic N) is 1. The summed E-state index contributed by atoms with van der Waals surface area (Å²) in [6.07, 6.45) is 1.58. The van der Waals surface area contributed by atoms with E-state index < -0.39 is 6.09 Å². The lowest BCUT2D eigenvalue weighted by Gasteiger charge is -2.18. The largest absolute Gasteiger partial charge is 0.444 e. The van der Waals surface area contributed by atoms with Gasteiger partial charge in [-0.2, -0.15) is 0 Å². The lowest BCUT2D eigenvalue weighted by molar-refractivity contribution is 0.155. The van der Waals surface area contributed by atoms with Crippen molar-refractivity contribution in [3.05, 3.63) is 59.9 Å². The van der Waals surface area contributed by atoms with Gasteiger partial charge in [-0.1, -0.05) is 30.3 Å². The summed E-state index contributed by atoms with van der Waals surface area (Å²) in [5.41, 5.74) is 1.88. The van der Waals surface area contributed by atoms with Crippen LogP contribution in [-0.2, 0) is 11.3 Å². The van der Waals surface area contributed by atoms with Crippen molar-refractivity contribution >= 4 is 17.5 Å². The molecule has 3 rings (SSSR count). The summed E-state index contributed by atoms with van der Waals surface area (Å²) in [5.74, 6) is -0.326. The van der Waals surface area contributed by atoms with E-state index in [0.717, 1.165) is 31.5 Å². The molecule has 1 aliphatic heterocycles. The van der Waals surface area contributed by atoms with E-state index in [4.69, 9.17) is 4.74 Å². The molecule has 2 aromatic carbocycles. The van der Waals surface area contributed by atoms with Crippen LogP contribution in [0.1, 0.15) is 18.4 Å². The second-order valence-corrected chi connectivity index (χ2v) is 5.55. The van der Waals surface area contributed by atoms with Crippen LogP contribution in [0.2, 0.25) is 0 Å². The predicted octanol–water partition coefficient (Wildman–Crippen LogP) is 4.17. The molecule has 0 spiro atoms. The summed E-state index contributed by atoms with van der Waals surface area (Å²) in [4.78, 5) is 13.8. The molecule has 1 saturated heterocycles. The molecule has 0 radical (unpaired) electrons. The molecule has 0 atom stereocenters. The van der Waals surface area contributed by atoms with Gasteiger partial charge in [-0.15, -0.1) is 0 Å². The smallest absolute Gasteiger partial charge is 0.411 e. The molecule has 1 N–H and O–H groups in total. The van der Waals surface area contributed by atoms with Gasteiger partial charge in [-0.05, 0) is 36.6 Å². The minimum Gasteiger partial charge on any atom is -0.444 e. The van der Waals surface area contributed by atoms with E-state index in [1.165, 1.54) is 6.07 Å². The molecule has 0 aromatic heterocycles. The summed E-state index contributed by atoms with van der Waals surface area (Å²) in [5, 5.41) is 2.55. The van der Waals surface area contributed by atoms with Gasteiger partial charge in [0.05, 0.1) is 5.69 Å². The molecule has 0 bridgehead atoms. The molecule has 0 saturated carbocycles. The Labute approximate surface area is 134 Å². The van der Waals surface area contributed by atoms with Gasteiger partial charge in [-0.3, -0.25) is 5.32 Å². The lowest BCUT2D eigenvalue weighted by atomic mass is 10.2. The highest BCUT2D eigenvalue weighted by Gasteiger charge is 2.16. The van der Waals surface area contributed by atoms with Crippen molar-refractivity contribution in [1.29, 1.82) is 0 Å². The topological polar surface area (TPSA) is 41.6 Å². The SMILES string of the molecule is O=C(Nc1ccc(N2CCCC2)c(F)c1)OCc1ccccc1. The molecule has 5 heteroatoms. The van der Waals surface area contributed by atoms with Crippen molar-refractivity contribution in [3.8, 4) is 0 Å². The Morgan fingerprint density at radius 2 is 1.87 bits per heavy atom. The van der Waals surface area contributed by atoms with Gasteiger partial charge in [0.1, 0.15) is 12.4 Å². The Hall–Kier alpha value is -2.56. The second kappa shape index (κ2) is 7.13. The number of hydrogen-bond donors (Lipinski definition) is 1. The fourth-order valence-corrected chi connectivity index (χ4v) is 2.68. The molecule has 1 aliphatic rings. The summed E-state index contributed by atoms with van der Waals surface area (Å²) in [7, 11) is 0. The fourth-order valence-electron chi connectivity index (χ4n) is 2.68. The van der Waals surface area contributed by atoms with E-state index >= 15 is 0 Å². The minimum atomic E-state index is -0.595. The number of nitrogens with one attached hydrogen (secondary N) is 1. The molecule has 1 fully saturated rings. The van der Waals surface area contributed by atoms with Gasteiger partial charge < -0.3 is 9.64 Å². The summed E-state index contributed by atoms with van der Waals surface area (Å²) in [6.45, 7) is 1.94. The number of amides is 1. The number of rotatable bonds is 4. The number of hydrogen-bond acceptors (Lipinski definition) is 3. The van der Waals surface area contributed by atoms with Crippen molar-refractivity contribution in [2.24, 2.45) is 0 Å². The first kappa shape index (κ1) is 15.3. The van der Waals surface area contributed by atoms with Gasteiger partial charge in [0.15, 0.2) is 0 Å². The summed E-state index contributed by atoms with van der Waals surface area (Å²) >= 11 is 0. The standard InChI is InChI=1S/C18H19FN2O2/c19-16-12-15(8-9-17(16)21-10-4-5-11-21)20-18(22)23-13-14-6-2-1-3-7-14/h1-3,6-9,12H,4-5,10-11,13H2,(H,20,22).